The smallest absolute Gasteiger partial charge is 0.231 e. The van der Waals surface area contributed by atoms with Gasteiger partial charge in [0.05, 0.1) is 16.8 Å². The molecule has 1 aromatic heterocycles. The van der Waals surface area contributed by atoms with Crippen LogP contribution in [0.25, 0.3) is 10.2 Å². The summed E-state index contributed by atoms with van der Waals surface area (Å²) >= 11 is 1.38. The van der Waals surface area contributed by atoms with E-state index in [0.717, 1.165) is 21.7 Å². The lowest BCUT2D eigenvalue weighted by Crippen LogP contribution is -2.11. The molecule has 0 saturated carbocycles. The van der Waals surface area contributed by atoms with Crippen LogP contribution in [0.3, 0.4) is 0 Å². The molecule has 88 valence electrons. The predicted molar refractivity (Wildman–Crippen MR) is 70.9 cm³/mol. The van der Waals surface area contributed by atoms with Gasteiger partial charge in [0.1, 0.15) is 0 Å². The van der Waals surface area contributed by atoms with Crippen molar-refractivity contribution in [1.29, 1.82) is 5.41 Å². The van der Waals surface area contributed by atoms with E-state index < -0.39 is 0 Å². The van der Waals surface area contributed by atoms with E-state index in [0.29, 0.717) is 11.3 Å². The maximum atomic E-state index is 7.82. The average molecular weight is 313 g/mol. The van der Waals surface area contributed by atoms with Crippen molar-refractivity contribution in [2.24, 2.45) is 0 Å². The van der Waals surface area contributed by atoms with E-state index >= 15 is 0 Å². The summed E-state index contributed by atoms with van der Waals surface area (Å²) in [6, 6.07) is 3.77. The summed E-state index contributed by atoms with van der Waals surface area (Å²) in [5.74, 6) is 4.00. The second kappa shape index (κ2) is 4.43. The second-order valence-corrected chi connectivity index (χ2v) is 4.40. The van der Waals surface area contributed by atoms with Crippen molar-refractivity contribution in [1.82, 2.24) is 4.57 Å². The van der Waals surface area contributed by atoms with Crippen molar-refractivity contribution in [2.45, 2.75) is 6.54 Å². The Morgan fingerprint density at radius 1 is 1.41 bits per heavy atom. The van der Waals surface area contributed by atoms with Crippen LogP contribution in [0.15, 0.2) is 12.1 Å². The molecule has 0 bridgehead atoms. The van der Waals surface area contributed by atoms with Gasteiger partial charge in [0, 0.05) is 12.1 Å². The van der Waals surface area contributed by atoms with Crippen molar-refractivity contribution in [3.8, 4) is 23.8 Å². The summed E-state index contributed by atoms with van der Waals surface area (Å²) < 4.78 is 13.4. The van der Waals surface area contributed by atoms with Crippen LogP contribution in [0.4, 0.5) is 0 Å². The minimum Gasteiger partial charge on any atom is -0.454 e. The van der Waals surface area contributed by atoms with E-state index in [2.05, 4.69) is 5.92 Å². The van der Waals surface area contributed by atoms with Gasteiger partial charge in [-0.25, -0.2) is 0 Å². The van der Waals surface area contributed by atoms with E-state index in [9.17, 15) is 0 Å². The quantitative estimate of drug-likeness (QED) is 0.820. The van der Waals surface area contributed by atoms with Crippen LogP contribution in [0.1, 0.15) is 0 Å². The van der Waals surface area contributed by atoms with Crippen molar-refractivity contribution < 1.29 is 9.47 Å². The number of aromatic nitrogens is 1. The molecule has 1 aliphatic heterocycles. The number of terminal acetylenes is 1. The molecule has 1 aliphatic rings. The molecule has 0 spiro atoms. The van der Waals surface area contributed by atoms with Crippen molar-refractivity contribution in [3.63, 3.8) is 0 Å². The van der Waals surface area contributed by atoms with Crippen LogP contribution in [0, 0.1) is 17.8 Å². The highest BCUT2D eigenvalue weighted by Crippen LogP contribution is 2.36. The van der Waals surface area contributed by atoms with Gasteiger partial charge in [0.2, 0.25) is 6.79 Å². The second-order valence-electron chi connectivity index (χ2n) is 3.37. The fraction of sp³-hybridized carbons (Fsp3) is 0.182. The van der Waals surface area contributed by atoms with Gasteiger partial charge in [-0.3, -0.25) is 5.41 Å². The fourth-order valence-electron chi connectivity index (χ4n) is 1.72. The van der Waals surface area contributed by atoms with Gasteiger partial charge in [0.25, 0.3) is 0 Å². The number of hydrogen-bond donors (Lipinski definition) is 1. The molecule has 1 N–H and O–H groups in total. The molecule has 0 aliphatic carbocycles. The number of halogens is 1. The molecule has 0 radical (unpaired) electrons. The lowest BCUT2D eigenvalue weighted by atomic mass is 10.3. The Hall–Kier alpha value is -1.45. The fourth-order valence-corrected chi connectivity index (χ4v) is 2.64. The van der Waals surface area contributed by atoms with Gasteiger partial charge in [0.15, 0.2) is 16.3 Å². The number of hydrogen-bond acceptors (Lipinski definition) is 4. The van der Waals surface area contributed by atoms with Crippen LogP contribution < -0.4 is 14.3 Å². The zero-order valence-electron chi connectivity index (χ0n) is 8.73. The Morgan fingerprint density at radius 3 is 2.82 bits per heavy atom. The van der Waals surface area contributed by atoms with Crippen molar-refractivity contribution in [2.75, 3.05) is 6.79 Å². The first-order chi connectivity index (χ1) is 7.79. The van der Waals surface area contributed by atoms with Gasteiger partial charge < -0.3 is 14.0 Å². The first-order valence-corrected chi connectivity index (χ1v) is 5.52. The Morgan fingerprint density at radius 2 is 2.12 bits per heavy atom. The van der Waals surface area contributed by atoms with Crippen LogP contribution in [0.2, 0.25) is 0 Å². The molecule has 0 fully saturated rings. The largest absolute Gasteiger partial charge is 0.454 e. The zero-order valence-corrected chi connectivity index (χ0v) is 11.3. The average Bonchev–Trinajstić information content (AvgIpc) is 2.81. The monoisotopic (exact) mass is 312 g/mol. The first-order valence-electron chi connectivity index (χ1n) is 4.70. The lowest BCUT2D eigenvalue weighted by molar-refractivity contribution is 0.174. The van der Waals surface area contributed by atoms with Gasteiger partial charge in [-0.1, -0.05) is 17.3 Å². The number of nitrogens with zero attached hydrogens (tertiary/aromatic N) is 1. The number of fused-ring (bicyclic) bond motifs is 2. The first kappa shape index (κ1) is 12.0. The molecule has 0 amide bonds. The van der Waals surface area contributed by atoms with Gasteiger partial charge >= 0.3 is 0 Å². The Bertz CT molecular complexity index is 668. The van der Waals surface area contributed by atoms with Crippen molar-refractivity contribution in [3.05, 3.63) is 16.9 Å². The van der Waals surface area contributed by atoms with Crippen LogP contribution in [0.5, 0.6) is 11.5 Å². The molecule has 4 nitrogen and oxygen atoms in total. The van der Waals surface area contributed by atoms with E-state index in [-0.39, 0.29) is 23.8 Å². The standard InChI is InChI=1S/C11H8N2O2S.BrH/c1-2-3-13-7-4-8-9(15-6-14-8)5-10(7)16-11(13)12;/h1,4-5,12H,3,6H2;1H. The lowest BCUT2D eigenvalue weighted by Gasteiger charge is -2.00. The number of benzene rings is 1. The van der Waals surface area contributed by atoms with Crippen molar-refractivity contribution >= 4 is 38.5 Å². The van der Waals surface area contributed by atoms with Gasteiger partial charge in [-0.15, -0.1) is 23.4 Å². The molecular formula is C11H9BrN2O2S. The zero-order chi connectivity index (χ0) is 11.1. The molecule has 2 heterocycles. The molecule has 17 heavy (non-hydrogen) atoms. The van der Waals surface area contributed by atoms with Gasteiger partial charge in [-0.05, 0) is 0 Å². The highest BCUT2D eigenvalue weighted by molar-refractivity contribution is 8.93. The minimum absolute atomic E-state index is 0. The summed E-state index contributed by atoms with van der Waals surface area (Å²) in [5.41, 5.74) is 0.928. The third-order valence-electron chi connectivity index (χ3n) is 2.45. The molecular weight excluding hydrogens is 304 g/mol. The van der Waals surface area contributed by atoms with Crippen LogP contribution in [-0.2, 0) is 6.54 Å². The topological polar surface area (TPSA) is 47.2 Å². The van der Waals surface area contributed by atoms with E-state index in [1.807, 2.05) is 12.1 Å². The predicted octanol–water partition coefficient (Wildman–Crippen LogP) is 2.12. The molecule has 0 saturated heterocycles. The molecule has 3 rings (SSSR count). The normalized spacial score (nSPS) is 12.2. The number of thiazole rings is 1. The maximum Gasteiger partial charge on any atom is 0.231 e. The maximum absolute atomic E-state index is 7.82. The highest BCUT2D eigenvalue weighted by Gasteiger charge is 2.16. The van der Waals surface area contributed by atoms with E-state index in [1.54, 1.807) is 4.57 Å². The third-order valence-corrected chi connectivity index (χ3v) is 3.41. The molecule has 0 unspecified atom stereocenters. The number of nitrogens with one attached hydrogen (secondary N) is 1. The minimum atomic E-state index is 0. The summed E-state index contributed by atoms with van der Waals surface area (Å²) in [7, 11) is 0. The number of ether oxygens (including phenoxy) is 2. The SMILES string of the molecule is Br.C#CCn1c(=N)sc2cc3c(cc21)OCO3. The molecule has 1 aromatic carbocycles. The summed E-state index contributed by atoms with van der Waals surface area (Å²) in [6.07, 6.45) is 5.29. The molecule has 0 atom stereocenters. The molecule has 6 heteroatoms. The van der Waals surface area contributed by atoms with E-state index in [4.69, 9.17) is 21.3 Å². The van der Waals surface area contributed by atoms with Gasteiger partial charge in [-0.2, -0.15) is 0 Å². The number of rotatable bonds is 1. The van der Waals surface area contributed by atoms with Crippen LogP contribution >= 0.6 is 28.3 Å². The Labute approximate surface area is 112 Å². The Kier molecular flexibility index (Phi) is 3.13. The summed E-state index contributed by atoms with van der Waals surface area (Å²) in [5, 5.41) is 7.82. The Balaban J connectivity index is 0.00000108. The summed E-state index contributed by atoms with van der Waals surface area (Å²) in [4.78, 5) is 0.441. The molecule has 2 aromatic rings. The van der Waals surface area contributed by atoms with E-state index in [1.165, 1.54) is 11.3 Å². The highest BCUT2D eigenvalue weighted by atomic mass is 79.9. The van der Waals surface area contributed by atoms with Crippen LogP contribution in [-0.4, -0.2) is 11.4 Å². The summed E-state index contributed by atoms with van der Waals surface area (Å²) in [6.45, 7) is 0.661. The third kappa shape index (κ3) is 1.81.